The summed E-state index contributed by atoms with van der Waals surface area (Å²) in [6.45, 7) is 6.20. The van der Waals surface area contributed by atoms with E-state index in [1.165, 1.54) is 5.56 Å². The van der Waals surface area contributed by atoms with Crippen LogP contribution in [0, 0.1) is 13.8 Å². The minimum atomic E-state index is 0.325. The van der Waals surface area contributed by atoms with Crippen molar-refractivity contribution in [2.75, 3.05) is 13.1 Å². The van der Waals surface area contributed by atoms with Crippen LogP contribution in [0.1, 0.15) is 17.7 Å². The van der Waals surface area contributed by atoms with E-state index >= 15 is 0 Å². The minimum absolute atomic E-state index is 0.325. The quantitative estimate of drug-likeness (QED) is 0.619. The molecule has 1 atom stereocenters. The van der Waals surface area contributed by atoms with Crippen LogP contribution in [0.3, 0.4) is 0 Å². The number of aryl methyl sites for hydroxylation is 2. The molecule has 0 bridgehead atoms. The summed E-state index contributed by atoms with van der Waals surface area (Å²) in [7, 11) is 0. The van der Waals surface area contributed by atoms with Gasteiger partial charge in [0.1, 0.15) is 11.9 Å². The van der Waals surface area contributed by atoms with Gasteiger partial charge in [0, 0.05) is 41.6 Å². The standard InChI is InChI=1S/C11H15IN2O/c1-8-5-11(6-13-9(8)2)15-10-3-4-14(12)7-10/h5-6,10H,3-4,7H2,1-2H3/t10-/m1/s1. The molecule has 1 aliphatic heterocycles. The maximum Gasteiger partial charge on any atom is 0.138 e. The first-order chi connectivity index (χ1) is 7.15. The van der Waals surface area contributed by atoms with E-state index in [2.05, 4.69) is 44.0 Å². The van der Waals surface area contributed by atoms with Crippen molar-refractivity contribution in [3.05, 3.63) is 23.5 Å². The summed E-state index contributed by atoms with van der Waals surface area (Å²) >= 11 is 2.34. The second-order valence-electron chi connectivity index (χ2n) is 3.97. The molecule has 0 radical (unpaired) electrons. The Balaban J connectivity index is 2.02. The topological polar surface area (TPSA) is 25.4 Å². The monoisotopic (exact) mass is 318 g/mol. The highest BCUT2D eigenvalue weighted by Gasteiger charge is 2.22. The fourth-order valence-electron chi connectivity index (χ4n) is 1.66. The van der Waals surface area contributed by atoms with Crippen LogP contribution in [0.25, 0.3) is 0 Å². The van der Waals surface area contributed by atoms with E-state index in [1.54, 1.807) is 0 Å². The van der Waals surface area contributed by atoms with E-state index < -0.39 is 0 Å². The maximum atomic E-state index is 5.87. The predicted molar refractivity (Wildman–Crippen MR) is 68.3 cm³/mol. The molecule has 0 aliphatic carbocycles. The second kappa shape index (κ2) is 4.65. The Morgan fingerprint density at radius 2 is 2.33 bits per heavy atom. The molecular formula is C11H15IN2O. The van der Waals surface area contributed by atoms with E-state index in [0.717, 1.165) is 31.0 Å². The average molecular weight is 318 g/mol. The van der Waals surface area contributed by atoms with Gasteiger partial charge in [0.05, 0.1) is 6.20 Å². The first kappa shape index (κ1) is 11.1. The maximum absolute atomic E-state index is 5.87. The van der Waals surface area contributed by atoms with Crippen molar-refractivity contribution < 1.29 is 4.74 Å². The van der Waals surface area contributed by atoms with Crippen LogP contribution in [0.4, 0.5) is 0 Å². The van der Waals surface area contributed by atoms with Crippen LogP contribution in [0.15, 0.2) is 12.3 Å². The number of aromatic nitrogens is 1. The van der Waals surface area contributed by atoms with Crippen molar-refractivity contribution in [1.82, 2.24) is 8.10 Å². The molecule has 4 heteroatoms. The zero-order valence-corrected chi connectivity index (χ0v) is 11.2. The van der Waals surface area contributed by atoms with Gasteiger partial charge in [0.15, 0.2) is 0 Å². The Morgan fingerprint density at radius 1 is 1.53 bits per heavy atom. The predicted octanol–water partition coefficient (Wildman–Crippen LogP) is 2.50. The van der Waals surface area contributed by atoms with Gasteiger partial charge in [-0.25, -0.2) is 3.11 Å². The number of nitrogens with zero attached hydrogens (tertiary/aromatic N) is 2. The summed E-state index contributed by atoms with van der Waals surface area (Å²) in [5, 5.41) is 0. The molecule has 0 amide bonds. The molecule has 82 valence electrons. The van der Waals surface area contributed by atoms with E-state index in [1.807, 2.05) is 13.1 Å². The van der Waals surface area contributed by atoms with Crippen LogP contribution in [0.5, 0.6) is 5.75 Å². The van der Waals surface area contributed by atoms with Crippen molar-refractivity contribution in [1.29, 1.82) is 0 Å². The lowest BCUT2D eigenvalue weighted by Crippen LogP contribution is -2.18. The first-order valence-corrected chi connectivity index (χ1v) is 6.12. The molecule has 2 heterocycles. The third-order valence-corrected chi connectivity index (χ3v) is 3.59. The molecule has 3 nitrogen and oxygen atoms in total. The van der Waals surface area contributed by atoms with Gasteiger partial charge < -0.3 is 4.74 Å². The third kappa shape index (κ3) is 2.81. The van der Waals surface area contributed by atoms with Crippen LogP contribution >= 0.6 is 22.9 Å². The lowest BCUT2D eigenvalue weighted by atomic mass is 10.2. The Kier molecular flexibility index (Phi) is 3.45. The average Bonchev–Trinajstić information content (AvgIpc) is 2.58. The van der Waals surface area contributed by atoms with Crippen LogP contribution in [0.2, 0.25) is 0 Å². The summed E-state index contributed by atoms with van der Waals surface area (Å²) in [6, 6.07) is 2.07. The Morgan fingerprint density at radius 3 is 2.93 bits per heavy atom. The second-order valence-corrected chi connectivity index (χ2v) is 5.34. The van der Waals surface area contributed by atoms with E-state index in [4.69, 9.17) is 4.74 Å². The van der Waals surface area contributed by atoms with Crippen molar-refractivity contribution in [2.24, 2.45) is 0 Å². The smallest absolute Gasteiger partial charge is 0.138 e. The molecule has 1 aliphatic rings. The zero-order chi connectivity index (χ0) is 10.8. The number of pyridine rings is 1. The number of halogens is 1. The number of hydrogen-bond donors (Lipinski definition) is 0. The van der Waals surface area contributed by atoms with Crippen molar-refractivity contribution >= 4 is 22.9 Å². The summed E-state index contributed by atoms with van der Waals surface area (Å²) in [5.41, 5.74) is 2.26. The van der Waals surface area contributed by atoms with Crippen molar-refractivity contribution in [2.45, 2.75) is 26.4 Å². The van der Waals surface area contributed by atoms with E-state index in [0.29, 0.717) is 6.10 Å². The highest BCUT2D eigenvalue weighted by molar-refractivity contribution is 14.1. The molecule has 1 saturated heterocycles. The highest BCUT2D eigenvalue weighted by atomic mass is 127. The van der Waals surface area contributed by atoms with Crippen molar-refractivity contribution in [3.63, 3.8) is 0 Å². The lowest BCUT2D eigenvalue weighted by molar-refractivity contribution is 0.217. The SMILES string of the molecule is Cc1cc(O[C@@H]2CCN(I)C2)cnc1C. The first-order valence-electron chi connectivity index (χ1n) is 5.16. The molecule has 1 fully saturated rings. The Hall–Kier alpha value is -0.360. The largest absolute Gasteiger partial charge is 0.487 e. The van der Waals surface area contributed by atoms with Gasteiger partial charge in [-0.2, -0.15) is 0 Å². The minimum Gasteiger partial charge on any atom is -0.487 e. The van der Waals surface area contributed by atoms with E-state index in [-0.39, 0.29) is 0 Å². The number of rotatable bonds is 2. The summed E-state index contributed by atoms with van der Waals surface area (Å²) in [5.74, 6) is 0.898. The van der Waals surface area contributed by atoms with Crippen LogP contribution in [-0.2, 0) is 0 Å². The van der Waals surface area contributed by atoms with Gasteiger partial charge in [0.2, 0.25) is 0 Å². The van der Waals surface area contributed by atoms with Gasteiger partial charge >= 0.3 is 0 Å². The van der Waals surface area contributed by atoms with Crippen LogP contribution < -0.4 is 4.74 Å². The number of ether oxygens (including phenoxy) is 1. The van der Waals surface area contributed by atoms with Crippen molar-refractivity contribution in [3.8, 4) is 5.75 Å². The molecule has 0 spiro atoms. The van der Waals surface area contributed by atoms with Gasteiger partial charge in [-0.1, -0.05) is 0 Å². The molecular weight excluding hydrogens is 303 g/mol. The van der Waals surface area contributed by atoms with Crippen LogP contribution in [-0.4, -0.2) is 27.3 Å². The van der Waals surface area contributed by atoms with Gasteiger partial charge in [-0.3, -0.25) is 4.98 Å². The molecule has 15 heavy (non-hydrogen) atoms. The molecule has 0 saturated carbocycles. The molecule has 2 rings (SSSR count). The third-order valence-electron chi connectivity index (χ3n) is 2.71. The fraction of sp³-hybridized carbons (Fsp3) is 0.545. The lowest BCUT2D eigenvalue weighted by Gasteiger charge is -2.13. The molecule has 0 aromatic carbocycles. The van der Waals surface area contributed by atoms with E-state index in [9.17, 15) is 0 Å². The normalized spacial score (nSPS) is 21.9. The summed E-state index contributed by atoms with van der Waals surface area (Å²) in [6.07, 6.45) is 3.25. The Bertz CT molecular complexity index is 356. The van der Waals surface area contributed by atoms with Gasteiger partial charge in [-0.05, 0) is 31.9 Å². The summed E-state index contributed by atoms with van der Waals surface area (Å²) in [4.78, 5) is 4.30. The summed E-state index contributed by atoms with van der Waals surface area (Å²) < 4.78 is 8.13. The van der Waals surface area contributed by atoms with Gasteiger partial charge in [-0.15, -0.1) is 0 Å². The fourth-order valence-corrected chi connectivity index (χ4v) is 2.38. The highest BCUT2D eigenvalue weighted by Crippen LogP contribution is 2.21. The molecule has 0 unspecified atom stereocenters. The molecule has 0 N–H and O–H groups in total. The molecule has 1 aromatic heterocycles. The molecule has 1 aromatic rings. The zero-order valence-electron chi connectivity index (χ0n) is 9.03. The van der Waals surface area contributed by atoms with Gasteiger partial charge in [0.25, 0.3) is 0 Å². The Labute approximate surface area is 104 Å². The number of hydrogen-bond acceptors (Lipinski definition) is 3.